The smallest absolute Gasteiger partial charge is 0.409 e. The van der Waals surface area contributed by atoms with Crippen LogP contribution in [-0.2, 0) is 9.59 Å². The molecule has 62 valence electrons. The molecule has 0 aromatic carbocycles. The van der Waals surface area contributed by atoms with Gasteiger partial charge in [-0.2, -0.15) is 13.2 Å². The van der Waals surface area contributed by atoms with Crippen LogP contribution in [0.2, 0.25) is 0 Å². The second-order valence-corrected chi connectivity index (χ2v) is 1.54. The van der Waals surface area contributed by atoms with E-state index in [1.807, 2.05) is 0 Å². The summed E-state index contributed by atoms with van der Waals surface area (Å²) in [5.74, 6) is -3.51. The molecule has 0 saturated heterocycles. The molecular weight excluding hydrogens is 165 g/mol. The number of ketones is 1. The molecule has 0 amide bonds. The predicted molar refractivity (Wildman–Crippen MR) is 27.8 cm³/mol. The largest absolute Gasteiger partial charge is 0.475 e. The average Bonchev–Trinajstić information content (AvgIpc) is 1.80. The number of allylic oxidation sites excluding steroid dienone is 1. The van der Waals surface area contributed by atoms with Gasteiger partial charge in [-0.3, -0.25) is 4.79 Å². The summed E-state index contributed by atoms with van der Waals surface area (Å²) < 4.78 is 33.7. The van der Waals surface area contributed by atoms with Crippen molar-refractivity contribution in [3.8, 4) is 0 Å². The van der Waals surface area contributed by atoms with Crippen LogP contribution in [0, 0.1) is 0 Å². The van der Waals surface area contributed by atoms with Crippen LogP contribution in [0.1, 0.15) is 0 Å². The Morgan fingerprint density at radius 2 is 1.73 bits per heavy atom. The summed E-state index contributed by atoms with van der Waals surface area (Å²) in [6.07, 6.45) is -5.11. The lowest BCUT2D eigenvalue weighted by Gasteiger charge is -1.94. The summed E-state index contributed by atoms with van der Waals surface area (Å²) in [5, 5.41) is 7.81. The van der Waals surface area contributed by atoms with Gasteiger partial charge in [-0.05, 0) is 6.08 Å². The van der Waals surface area contributed by atoms with Crippen molar-refractivity contribution < 1.29 is 27.9 Å². The molecule has 0 aliphatic heterocycles. The monoisotopic (exact) mass is 168 g/mol. The van der Waals surface area contributed by atoms with Crippen LogP contribution in [0.3, 0.4) is 0 Å². The second-order valence-electron chi connectivity index (χ2n) is 1.54. The lowest BCUT2D eigenvalue weighted by molar-refractivity contribution is -0.146. The molecule has 0 radical (unpaired) electrons. The Bertz CT molecular complexity index is 204. The molecule has 0 aliphatic rings. The number of carbonyl (C=O) groups excluding carboxylic acids is 1. The first-order valence-corrected chi connectivity index (χ1v) is 2.36. The molecule has 0 spiro atoms. The van der Waals surface area contributed by atoms with Gasteiger partial charge in [0, 0.05) is 6.08 Å². The zero-order valence-electron chi connectivity index (χ0n) is 5.05. The number of rotatable bonds is 2. The zero-order chi connectivity index (χ0) is 9.07. The van der Waals surface area contributed by atoms with Gasteiger partial charge in [0.15, 0.2) is 0 Å². The maximum Gasteiger partial charge on any atom is 0.409 e. The van der Waals surface area contributed by atoms with Crippen molar-refractivity contribution in [3.63, 3.8) is 0 Å². The Balaban J connectivity index is 4.16. The van der Waals surface area contributed by atoms with Crippen molar-refractivity contribution >= 4 is 11.8 Å². The lowest BCUT2D eigenvalue weighted by Crippen LogP contribution is -2.11. The standard InChI is InChI=1S/C5H3F3O3/c6-5(7,8)2-1-3(9)4(10)11/h1-2H,(H,10,11). The fraction of sp³-hybridized carbons (Fsp3) is 0.200. The van der Waals surface area contributed by atoms with Gasteiger partial charge in [-0.1, -0.05) is 0 Å². The molecule has 1 N–H and O–H groups in total. The molecule has 0 fully saturated rings. The van der Waals surface area contributed by atoms with E-state index in [1.165, 1.54) is 0 Å². The van der Waals surface area contributed by atoms with E-state index in [0.717, 1.165) is 0 Å². The molecule has 3 nitrogen and oxygen atoms in total. The van der Waals surface area contributed by atoms with Crippen LogP contribution < -0.4 is 0 Å². The van der Waals surface area contributed by atoms with Crippen molar-refractivity contribution in [1.82, 2.24) is 0 Å². The van der Waals surface area contributed by atoms with Crippen LogP contribution in [0.15, 0.2) is 12.2 Å². The van der Waals surface area contributed by atoms with Gasteiger partial charge in [0.1, 0.15) is 0 Å². The highest BCUT2D eigenvalue weighted by Gasteiger charge is 2.23. The Kier molecular flexibility index (Phi) is 2.79. The number of hydrogen-bond donors (Lipinski definition) is 1. The van der Waals surface area contributed by atoms with E-state index in [2.05, 4.69) is 0 Å². The molecule has 0 unspecified atom stereocenters. The Labute approximate surface area is 59.1 Å². The summed E-state index contributed by atoms with van der Waals surface area (Å²) in [4.78, 5) is 19.7. The number of carboxylic acids is 1. The first-order chi connectivity index (χ1) is 4.83. The van der Waals surface area contributed by atoms with E-state index in [9.17, 15) is 22.8 Å². The van der Waals surface area contributed by atoms with Crippen LogP contribution in [0.5, 0.6) is 0 Å². The van der Waals surface area contributed by atoms with Crippen molar-refractivity contribution in [2.24, 2.45) is 0 Å². The van der Waals surface area contributed by atoms with Gasteiger partial charge < -0.3 is 5.11 Å². The maximum absolute atomic E-state index is 11.2. The first-order valence-electron chi connectivity index (χ1n) is 2.36. The number of carbonyl (C=O) groups is 2. The van der Waals surface area contributed by atoms with E-state index in [-0.39, 0.29) is 6.08 Å². The fourth-order valence-corrected chi connectivity index (χ4v) is 0.241. The molecular formula is C5H3F3O3. The molecule has 0 atom stereocenters. The summed E-state index contributed by atoms with van der Waals surface area (Å²) >= 11 is 0. The van der Waals surface area contributed by atoms with Crippen LogP contribution in [0.25, 0.3) is 0 Å². The maximum atomic E-state index is 11.2. The molecule has 0 bridgehead atoms. The molecule has 0 rings (SSSR count). The van der Waals surface area contributed by atoms with E-state index < -0.39 is 24.0 Å². The summed E-state index contributed by atoms with van der Waals surface area (Å²) in [6, 6.07) is 0. The highest BCUT2D eigenvalue weighted by atomic mass is 19.4. The summed E-state index contributed by atoms with van der Waals surface area (Å²) in [5.41, 5.74) is 0. The van der Waals surface area contributed by atoms with Gasteiger partial charge in [0.05, 0.1) is 0 Å². The zero-order valence-corrected chi connectivity index (χ0v) is 5.05. The Morgan fingerprint density at radius 3 is 2.00 bits per heavy atom. The van der Waals surface area contributed by atoms with E-state index >= 15 is 0 Å². The van der Waals surface area contributed by atoms with Crippen LogP contribution >= 0.6 is 0 Å². The van der Waals surface area contributed by atoms with Crippen molar-refractivity contribution in [1.29, 1.82) is 0 Å². The highest BCUT2D eigenvalue weighted by molar-refractivity contribution is 6.37. The normalized spacial score (nSPS) is 11.9. The van der Waals surface area contributed by atoms with Gasteiger partial charge in [-0.25, -0.2) is 4.79 Å². The van der Waals surface area contributed by atoms with E-state index in [1.54, 1.807) is 0 Å². The first kappa shape index (κ1) is 9.67. The SMILES string of the molecule is O=C(O)C(=O)C=CC(F)(F)F. The number of hydrogen-bond acceptors (Lipinski definition) is 2. The number of halogens is 3. The molecule has 0 heterocycles. The predicted octanol–water partition coefficient (Wildman–Crippen LogP) is 0.759. The third-order valence-corrected chi connectivity index (χ3v) is 0.634. The minimum atomic E-state index is -4.65. The van der Waals surface area contributed by atoms with Crippen molar-refractivity contribution in [2.75, 3.05) is 0 Å². The third kappa shape index (κ3) is 5.13. The number of alkyl halides is 3. The topological polar surface area (TPSA) is 54.4 Å². The minimum Gasteiger partial charge on any atom is -0.475 e. The quantitative estimate of drug-likeness (QED) is 0.489. The molecule has 11 heavy (non-hydrogen) atoms. The lowest BCUT2D eigenvalue weighted by atomic mass is 10.3. The van der Waals surface area contributed by atoms with Crippen molar-refractivity contribution in [2.45, 2.75) is 6.18 Å². The van der Waals surface area contributed by atoms with Crippen molar-refractivity contribution in [3.05, 3.63) is 12.2 Å². The van der Waals surface area contributed by atoms with E-state index in [0.29, 0.717) is 0 Å². The average molecular weight is 168 g/mol. The highest BCUT2D eigenvalue weighted by Crippen LogP contribution is 2.15. The summed E-state index contributed by atoms with van der Waals surface area (Å²) in [7, 11) is 0. The molecule has 0 aliphatic carbocycles. The minimum absolute atomic E-state index is 0.0394. The van der Waals surface area contributed by atoms with E-state index in [4.69, 9.17) is 5.11 Å². The third-order valence-electron chi connectivity index (χ3n) is 0.634. The van der Waals surface area contributed by atoms with Crippen LogP contribution in [0.4, 0.5) is 13.2 Å². The fourth-order valence-electron chi connectivity index (χ4n) is 0.241. The van der Waals surface area contributed by atoms with Gasteiger partial charge in [0.2, 0.25) is 0 Å². The molecule has 0 aromatic heterocycles. The molecule has 0 aromatic rings. The molecule has 0 saturated carbocycles. The van der Waals surface area contributed by atoms with Gasteiger partial charge in [0.25, 0.3) is 5.78 Å². The molecule has 6 heteroatoms. The van der Waals surface area contributed by atoms with Crippen LogP contribution in [-0.4, -0.2) is 23.0 Å². The number of carboxylic acid groups (broad SMARTS) is 1. The Morgan fingerprint density at radius 1 is 1.27 bits per heavy atom. The number of aliphatic carboxylic acids is 1. The second kappa shape index (κ2) is 3.18. The Hall–Kier alpha value is -1.33. The summed E-state index contributed by atoms with van der Waals surface area (Å²) in [6.45, 7) is 0. The van der Waals surface area contributed by atoms with Gasteiger partial charge >= 0.3 is 12.1 Å². The van der Waals surface area contributed by atoms with Gasteiger partial charge in [-0.15, -0.1) is 0 Å².